The van der Waals surface area contributed by atoms with Gasteiger partial charge in [0.25, 0.3) is 0 Å². The standard InChI is InChI=1S/C23H32O4/c1-5-6-22-12-18(3)14-23(27-22)13-17(2)11-20(24)16-26-15-19-7-9-21(25-4)10-8-19/h5,7-10,13,20,22-24H,1,3,6,11-12,14-16H2,2,4H3/b17-13+/t20-,22-,23+/m0/s1. The lowest BCUT2D eigenvalue weighted by Gasteiger charge is -2.30. The molecule has 148 valence electrons. The fraction of sp³-hybridized carbons (Fsp3) is 0.478. The van der Waals surface area contributed by atoms with Gasteiger partial charge in [0.15, 0.2) is 0 Å². The Bertz CT molecular complexity index is 632. The van der Waals surface area contributed by atoms with Crippen LogP contribution in [-0.2, 0) is 16.1 Å². The SMILES string of the molecule is C=CC[C@H]1CC(=C)C[C@@H](/C=C(\C)C[C@H](O)COCc2ccc(OC)cc2)O1. The maximum Gasteiger partial charge on any atom is 0.118 e. The highest BCUT2D eigenvalue weighted by molar-refractivity contribution is 5.26. The van der Waals surface area contributed by atoms with Gasteiger partial charge in [-0.15, -0.1) is 6.58 Å². The van der Waals surface area contributed by atoms with Gasteiger partial charge in [-0.1, -0.05) is 42.0 Å². The van der Waals surface area contributed by atoms with Gasteiger partial charge in [0.2, 0.25) is 0 Å². The van der Waals surface area contributed by atoms with Crippen molar-refractivity contribution in [2.75, 3.05) is 13.7 Å². The summed E-state index contributed by atoms with van der Waals surface area (Å²) in [5.74, 6) is 0.822. The lowest BCUT2D eigenvalue weighted by atomic mass is 9.96. The number of aliphatic hydroxyl groups excluding tert-OH is 1. The van der Waals surface area contributed by atoms with Gasteiger partial charge in [-0.3, -0.25) is 0 Å². The summed E-state index contributed by atoms with van der Waals surface area (Å²) >= 11 is 0. The molecule has 1 fully saturated rings. The van der Waals surface area contributed by atoms with E-state index in [0.29, 0.717) is 19.6 Å². The van der Waals surface area contributed by atoms with Gasteiger partial charge < -0.3 is 19.3 Å². The van der Waals surface area contributed by atoms with E-state index < -0.39 is 6.10 Å². The molecule has 1 N–H and O–H groups in total. The fourth-order valence-corrected chi connectivity index (χ4v) is 3.31. The van der Waals surface area contributed by atoms with Crippen LogP contribution < -0.4 is 4.74 Å². The summed E-state index contributed by atoms with van der Waals surface area (Å²) in [6.07, 6.45) is 6.81. The lowest BCUT2D eigenvalue weighted by molar-refractivity contribution is -0.00447. The maximum absolute atomic E-state index is 10.2. The molecule has 0 radical (unpaired) electrons. The number of hydrogen-bond donors (Lipinski definition) is 1. The average molecular weight is 373 g/mol. The molecular weight excluding hydrogens is 340 g/mol. The number of hydrogen-bond acceptors (Lipinski definition) is 4. The Balaban J connectivity index is 1.74. The van der Waals surface area contributed by atoms with Crippen molar-refractivity contribution in [2.24, 2.45) is 0 Å². The van der Waals surface area contributed by atoms with E-state index in [1.165, 1.54) is 5.57 Å². The van der Waals surface area contributed by atoms with E-state index in [2.05, 4.69) is 19.2 Å². The lowest BCUT2D eigenvalue weighted by Crippen LogP contribution is -2.27. The summed E-state index contributed by atoms with van der Waals surface area (Å²) < 4.78 is 16.9. The van der Waals surface area contributed by atoms with Crippen LogP contribution in [0.4, 0.5) is 0 Å². The van der Waals surface area contributed by atoms with E-state index in [1.807, 2.05) is 37.3 Å². The van der Waals surface area contributed by atoms with E-state index in [9.17, 15) is 5.11 Å². The predicted molar refractivity (Wildman–Crippen MR) is 109 cm³/mol. The summed E-state index contributed by atoms with van der Waals surface area (Å²) in [5.41, 5.74) is 3.37. The summed E-state index contributed by atoms with van der Waals surface area (Å²) in [7, 11) is 1.64. The van der Waals surface area contributed by atoms with Gasteiger partial charge in [0, 0.05) is 0 Å². The van der Waals surface area contributed by atoms with Crippen LogP contribution in [0, 0.1) is 0 Å². The van der Waals surface area contributed by atoms with Crippen LogP contribution in [0.15, 0.2) is 60.7 Å². The minimum Gasteiger partial charge on any atom is -0.497 e. The molecule has 0 bridgehead atoms. The Kier molecular flexibility index (Phi) is 8.79. The number of ether oxygens (including phenoxy) is 3. The Morgan fingerprint density at radius 3 is 2.74 bits per heavy atom. The third kappa shape index (κ3) is 7.71. The smallest absolute Gasteiger partial charge is 0.118 e. The van der Waals surface area contributed by atoms with Gasteiger partial charge in [-0.2, -0.15) is 0 Å². The highest BCUT2D eigenvalue weighted by Crippen LogP contribution is 2.27. The average Bonchev–Trinajstić information content (AvgIpc) is 2.62. The first kappa shape index (κ1) is 21.4. The zero-order valence-electron chi connectivity index (χ0n) is 16.5. The van der Waals surface area contributed by atoms with Crippen LogP contribution in [0.5, 0.6) is 5.75 Å². The fourth-order valence-electron chi connectivity index (χ4n) is 3.31. The molecule has 1 aromatic carbocycles. The predicted octanol–water partition coefficient (Wildman–Crippen LogP) is 4.59. The van der Waals surface area contributed by atoms with Gasteiger partial charge in [-0.05, 0) is 50.3 Å². The topological polar surface area (TPSA) is 47.9 Å². The van der Waals surface area contributed by atoms with Gasteiger partial charge in [-0.25, -0.2) is 0 Å². The van der Waals surface area contributed by atoms with Crippen molar-refractivity contribution in [2.45, 2.75) is 57.5 Å². The number of benzene rings is 1. The zero-order chi connectivity index (χ0) is 19.6. The van der Waals surface area contributed by atoms with E-state index in [4.69, 9.17) is 14.2 Å². The van der Waals surface area contributed by atoms with E-state index in [-0.39, 0.29) is 12.2 Å². The molecule has 0 unspecified atom stereocenters. The molecule has 27 heavy (non-hydrogen) atoms. The summed E-state index contributed by atoms with van der Waals surface area (Å²) in [6, 6.07) is 7.73. The number of rotatable bonds is 10. The Morgan fingerprint density at radius 1 is 1.33 bits per heavy atom. The molecule has 2 rings (SSSR count). The molecule has 4 nitrogen and oxygen atoms in total. The second-order valence-electron chi connectivity index (χ2n) is 7.21. The van der Waals surface area contributed by atoms with Gasteiger partial charge in [0.05, 0.1) is 38.6 Å². The molecule has 0 aromatic heterocycles. The summed E-state index contributed by atoms with van der Waals surface area (Å²) in [4.78, 5) is 0. The van der Waals surface area contributed by atoms with E-state index in [1.54, 1.807) is 7.11 Å². The Labute approximate surface area is 163 Å². The van der Waals surface area contributed by atoms with Crippen LogP contribution in [0.2, 0.25) is 0 Å². The highest BCUT2D eigenvalue weighted by Gasteiger charge is 2.22. The molecular formula is C23H32O4. The molecule has 4 heteroatoms. The van der Waals surface area contributed by atoms with Crippen molar-refractivity contribution in [1.82, 2.24) is 0 Å². The second-order valence-corrected chi connectivity index (χ2v) is 7.21. The molecule has 0 aliphatic carbocycles. The summed E-state index contributed by atoms with van der Waals surface area (Å²) in [5, 5.41) is 10.2. The second kappa shape index (κ2) is 11.1. The third-order valence-electron chi connectivity index (χ3n) is 4.57. The molecule has 1 aromatic rings. The van der Waals surface area contributed by atoms with Crippen LogP contribution in [-0.4, -0.2) is 37.1 Å². The molecule has 1 aliphatic rings. The van der Waals surface area contributed by atoms with Crippen LogP contribution in [0.25, 0.3) is 0 Å². The first-order valence-electron chi connectivity index (χ1n) is 9.49. The van der Waals surface area contributed by atoms with Gasteiger partial charge >= 0.3 is 0 Å². The van der Waals surface area contributed by atoms with Crippen LogP contribution in [0.1, 0.15) is 38.2 Å². The van der Waals surface area contributed by atoms with Crippen LogP contribution >= 0.6 is 0 Å². The number of methoxy groups -OCH3 is 1. The molecule has 3 atom stereocenters. The summed E-state index contributed by atoms with van der Waals surface area (Å²) in [6.45, 7) is 10.7. The van der Waals surface area contributed by atoms with Crippen molar-refractivity contribution >= 4 is 0 Å². The van der Waals surface area contributed by atoms with Crippen molar-refractivity contribution < 1.29 is 19.3 Å². The molecule has 0 saturated carbocycles. The van der Waals surface area contributed by atoms with Crippen molar-refractivity contribution in [3.05, 3.63) is 66.3 Å². The Morgan fingerprint density at radius 2 is 2.07 bits per heavy atom. The minimum atomic E-state index is -0.532. The largest absolute Gasteiger partial charge is 0.497 e. The molecule has 1 saturated heterocycles. The van der Waals surface area contributed by atoms with E-state index >= 15 is 0 Å². The molecule has 1 aliphatic heterocycles. The van der Waals surface area contributed by atoms with Gasteiger partial charge in [0.1, 0.15) is 5.75 Å². The third-order valence-corrected chi connectivity index (χ3v) is 4.57. The first-order chi connectivity index (χ1) is 13.0. The van der Waals surface area contributed by atoms with E-state index in [0.717, 1.165) is 36.1 Å². The monoisotopic (exact) mass is 372 g/mol. The van der Waals surface area contributed by atoms with Crippen molar-refractivity contribution in [1.29, 1.82) is 0 Å². The molecule has 0 amide bonds. The molecule has 1 heterocycles. The van der Waals surface area contributed by atoms with Crippen molar-refractivity contribution in [3.8, 4) is 5.75 Å². The normalized spacial score (nSPS) is 21.7. The number of aliphatic hydroxyl groups is 1. The molecule has 0 spiro atoms. The Hall–Kier alpha value is -1.88. The van der Waals surface area contributed by atoms with Crippen molar-refractivity contribution in [3.63, 3.8) is 0 Å². The maximum atomic E-state index is 10.2. The minimum absolute atomic E-state index is 0.0311. The highest BCUT2D eigenvalue weighted by atomic mass is 16.5. The first-order valence-corrected chi connectivity index (χ1v) is 9.49. The quantitative estimate of drug-likeness (QED) is 0.610. The zero-order valence-corrected chi connectivity index (χ0v) is 16.5. The van der Waals surface area contributed by atoms with Crippen LogP contribution in [0.3, 0.4) is 0 Å².